The van der Waals surface area contributed by atoms with Crippen LogP contribution in [-0.2, 0) is 0 Å². The largest absolute Gasteiger partial charge is 0.491 e. The van der Waals surface area contributed by atoms with E-state index >= 15 is 0 Å². The normalized spacial score (nSPS) is 22.2. The number of hydrogen-bond acceptors (Lipinski definition) is 4. The van der Waals surface area contributed by atoms with E-state index in [9.17, 15) is 18.7 Å². The Balaban J connectivity index is 2.22. The minimum absolute atomic E-state index is 0.00317. The molecule has 0 aromatic heterocycles. The summed E-state index contributed by atoms with van der Waals surface area (Å²) in [4.78, 5) is 13.6. The van der Waals surface area contributed by atoms with E-state index in [2.05, 4.69) is 4.74 Å². The number of amides is 1. The van der Waals surface area contributed by atoms with Crippen molar-refractivity contribution in [3.05, 3.63) is 29.3 Å². The highest BCUT2D eigenvalue weighted by atomic mass is 19.1. The highest BCUT2D eigenvalue weighted by molar-refractivity contribution is 5.95. The number of hydrogen-bond donors (Lipinski definition) is 2. The quantitative estimate of drug-likeness (QED) is 0.866. The maximum absolute atomic E-state index is 14.1. The van der Waals surface area contributed by atoms with Crippen LogP contribution in [0.15, 0.2) is 12.1 Å². The minimum atomic E-state index is -1.05. The third-order valence-corrected chi connectivity index (χ3v) is 3.73. The van der Waals surface area contributed by atoms with E-state index < -0.39 is 29.4 Å². The van der Waals surface area contributed by atoms with Gasteiger partial charge in [0, 0.05) is 25.6 Å². The second kappa shape index (κ2) is 6.36. The van der Waals surface area contributed by atoms with Gasteiger partial charge in [-0.2, -0.15) is 0 Å². The Morgan fingerprint density at radius 3 is 2.76 bits per heavy atom. The van der Waals surface area contributed by atoms with Gasteiger partial charge >= 0.3 is 0 Å². The van der Waals surface area contributed by atoms with Crippen molar-refractivity contribution in [2.45, 2.75) is 12.5 Å². The van der Waals surface area contributed by atoms with Crippen LogP contribution in [0.1, 0.15) is 16.8 Å². The number of aliphatic hydroxyl groups is 2. The van der Waals surface area contributed by atoms with E-state index in [0.717, 1.165) is 19.2 Å². The molecule has 1 fully saturated rings. The highest BCUT2D eigenvalue weighted by Gasteiger charge is 2.31. The zero-order chi connectivity index (χ0) is 15.6. The number of aliphatic hydroxyl groups excluding tert-OH is 2. The van der Waals surface area contributed by atoms with E-state index in [4.69, 9.17) is 5.11 Å². The lowest BCUT2D eigenvalue weighted by atomic mass is 9.94. The van der Waals surface area contributed by atoms with Gasteiger partial charge in [-0.1, -0.05) is 0 Å². The average Bonchev–Trinajstić information content (AvgIpc) is 2.47. The van der Waals surface area contributed by atoms with Crippen LogP contribution in [0.2, 0.25) is 0 Å². The maximum atomic E-state index is 14.1. The molecule has 0 aliphatic carbocycles. The van der Waals surface area contributed by atoms with Crippen molar-refractivity contribution < 1.29 is 28.5 Å². The van der Waals surface area contributed by atoms with Crippen molar-refractivity contribution in [3.63, 3.8) is 0 Å². The number of ether oxygens (including phenoxy) is 1. The SMILES string of the molecule is COc1c(F)ccc(C(=O)N2CC[C@@H](CO)[C@H](O)C2)c1F. The third-order valence-electron chi connectivity index (χ3n) is 3.73. The molecule has 2 rings (SSSR count). The molecule has 0 bridgehead atoms. The number of methoxy groups -OCH3 is 1. The summed E-state index contributed by atoms with van der Waals surface area (Å²) in [7, 11) is 1.12. The van der Waals surface area contributed by atoms with Gasteiger partial charge in [-0.15, -0.1) is 0 Å². The summed E-state index contributed by atoms with van der Waals surface area (Å²) in [5.41, 5.74) is -0.303. The molecule has 116 valence electrons. The molecule has 5 nitrogen and oxygen atoms in total. The number of halogens is 2. The van der Waals surface area contributed by atoms with Crippen LogP contribution in [0.5, 0.6) is 5.75 Å². The van der Waals surface area contributed by atoms with Crippen LogP contribution in [-0.4, -0.2) is 53.9 Å². The fourth-order valence-corrected chi connectivity index (χ4v) is 2.43. The number of benzene rings is 1. The van der Waals surface area contributed by atoms with Gasteiger partial charge in [-0.25, -0.2) is 8.78 Å². The van der Waals surface area contributed by atoms with Crippen LogP contribution in [0.4, 0.5) is 8.78 Å². The number of carbonyl (C=O) groups is 1. The van der Waals surface area contributed by atoms with Gasteiger partial charge in [0.15, 0.2) is 17.4 Å². The van der Waals surface area contributed by atoms with Crippen LogP contribution in [0, 0.1) is 17.6 Å². The van der Waals surface area contributed by atoms with Crippen molar-refractivity contribution in [1.29, 1.82) is 0 Å². The molecule has 1 aromatic rings. The van der Waals surface area contributed by atoms with Crippen molar-refractivity contribution in [2.24, 2.45) is 5.92 Å². The Morgan fingerprint density at radius 1 is 1.48 bits per heavy atom. The predicted octanol–water partition coefficient (Wildman–Crippen LogP) is 0.789. The van der Waals surface area contributed by atoms with E-state index in [0.29, 0.717) is 13.0 Å². The summed E-state index contributed by atoms with van der Waals surface area (Å²) in [6.45, 7) is 0.130. The van der Waals surface area contributed by atoms with Crippen LogP contribution < -0.4 is 4.74 Å². The lowest BCUT2D eigenvalue weighted by molar-refractivity contribution is 0.000675. The van der Waals surface area contributed by atoms with Gasteiger partial charge in [0.2, 0.25) is 0 Å². The highest BCUT2D eigenvalue weighted by Crippen LogP contribution is 2.26. The number of likely N-dealkylation sites (tertiary alicyclic amines) is 1. The smallest absolute Gasteiger partial charge is 0.257 e. The maximum Gasteiger partial charge on any atom is 0.257 e. The zero-order valence-electron chi connectivity index (χ0n) is 11.6. The average molecular weight is 301 g/mol. The Labute approximate surface area is 120 Å². The van der Waals surface area contributed by atoms with Gasteiger partial charge in [0.05, 0.1) is 18.8 Å². The number of nitrogens with zero attached hydrogens (tertiary/aromatic N) is 1. The molecule has 21 heavy (non-hydrogen) atoms. The van der Waals surface area contributed by atoms with E-state index in [1.807, 2.05) is 0 Å². The second-order valence-electron chi connectivity index (χ2n) is 4.99. The molecule has 0 spiro atoms. The van der Waals surface area contributed by atoms with Crippen molar-refractivity contribution in [2.75, 3.05) is 26.8 Å². The molecule has 0 radical (unpaired) electrons. The number of carbonyl (C=O) groups excluding carboxylic acids is 1. The molecule has 1 saturated heterocycles. The monoisotopic (exact) mass is 301 g/mol. The van der Waals surface area contributed by atoms with E-state index in [1.54, 1.807) is 0 Å². The van der Waals surface area contributed by atoms with E-state index in [1.165, 1.54) is 4.90 Å². The molecule has 1 aliphatic heterocycles. The van der Waals surface area contributed by atoms with Gasteiger partial charge in [-0.3, -0.25) is 4.79 Å². The third kappa shape index (κ3) is 2.98. The fourth-order valence-electron chi connectivity index (χ4n) is 2.43. The molecular formula is C14H17F2NO4. The first-order valence-electron chi connectivity index (χ1n) is 6.59. The Morgan fingerprint density at radius 2 is 2.19 bits per heavy atom. The molecule has 1 amide bonds. The Hall–Kier alpha value is -1.73. The molecule has 1 aliphatic rings. The molecular weight excluding hydrogens is 284 g/mol. The molecule has 0 unspecified atom stereocenters. The van der Waals surface area contributed by atoms with E-state index in [-0.39, 0.29) is 24.6 Å². The topological polar surface area (TPSA) is 70.0 Å². The van der Waals surface area contributed by atoms with Gasteiger partial charge in [0.1, 0.15) is 0 Å². The first-order valence-corrected chi connectivity index (χ1v) is 6.59. The van der Waals surface area contributed by atoms with Crippen molar-refractivity contribution in [1.82, 2.24) is 4.90 Å². The standard InChI is InChI=1S/C14H17F2NO4/c1-21-13-10(15)3-2-9(12(13)16)14(20)17-5-4-8(7-18)11(19)6-17/h2-3,8,11,18-19H,4-7H2,1H3/t8-,11+/m0/s1. The summed E-state index contributed by atoms with van der Waals surface area (Å²) < 4.78 is 32.0. The zero-order valence-corrected chi connectivity index (χ0v) is 11.6. The van der Waals surface area contributed by atoms with Crippen LogP contribution >= 0.6 is 0 Å². The fraction of sp³-hybridized carbons (Fsp3) is 0.500. The number of piperidine rings is 1. The minimum Gasteiger partial charge on any atom is -0.491 e. The lowest BCUT2D eigenvalue weighted by Gasteiger charge is -2.35. The first-order chi connectivity index (χ1) is 9.99. The molecule has 0 saturated carbocycles. The van der Waals surface area contributed by atoms with Crippen LogP contribution in [0.25, 0.3) is 0 Å². The molecule has 7 heteroatoms. The predicted molar refractivity (Wildman–Crippen MR) is 70.0 cm³/mol. The van der Waals surface area contributed by atoms with Crippen LogP contribution in [0.3, 0.4) is 0 Å². The van der Waals surface area contributed by atoms with Gasteiger partial charge in [0.25, 0.3) is 5.91 Å². The summed E-state index contributed by atoms with van der Waals surface area (Å²) in [5, 5.41) is 18.9. The summed E-state index contributed by atoms with van der Waals surface area (Å²) in [6, 6.07) is 2.02. The Kier molecular flexibility index (Phi) is 4.74. The molecule has 1 heterocycles. The number of β-amino-alcohol motifs (C(OH)–C–C–N with tert-alkyl or cyclic N) is 1. The summed E-state index contributed by atoms with van der Waals surface area (Å²) in [6.07, 6.45) is -0.443. The van der Waals surface area contributed by atoms with Crippen molar-refractivity contribution in [3.8, 4) is 5.75 Å². The van der Waals surface area contributed by atoms with Gasteiger partial charge in [-0.05, 0) is 18.6 Å². The first kappa shape index (κ1) is 15.7. The van der Waals surface area contributed by atoms with Gasteiger partial charge < -0.3 is 19.8 Å². The Bertz CT molecular complexity index is 538. The summed E-state index contributed by atoms with van der Waals surface area (Å²) in [5.74, 6) is -3.47. The molecule has 2 atom stereocenters. The number of rotatable bonds is 3. The second-order valence-corrected chi connectivity index (χ2v) is 4.99. The summed E-state index contributed by atoms with van der Waals surface area (Å²) >= 11 is 0. The lowest BCUT2D eigenvalue weighted by Crippen LogP contribution is -2.47. The molecule has 1 aromatic carbocycles. The van der Waals surface area contributed by atoms with Crippen molar-refractivity contribution >= 4 is 5.91 Å². The molecule has 2 N–H and O–H groups in total.